The molecule has 1 aromatic rings. The second-order valence-electron chi connectivity index (χ2n) is 4.80. The number of benzene rings is 1. The molecule has 0 saturated heterocycles. The molecular formula is C14H19FN2O3S. The molecule has 0 aliphatic heterocycles. The predicted octanol–water partition coefficient (Wildman–Crippen LogP) is 1.77. The van der Waals surface area contributed by atoms with E-state index in [2.05, 4.69) is 11.3 Å². The Morgan fingerprint density at radius 3 is 2.62 bits per heavy atom. The molecule has 0 aliphatic rings. The number of nitrogens with zero attached hydrogens (tertiary/aromatic N) is 1. The molecule has 0 saturated carbocycles. The number of halogens is 1. The molecule has 0 unspecified atom stereocenters. The van der Waals surface area contributed by atoms with Crippen LogP contribution in [0, 0.1) is 5.82 Å². The fourth-order valence-corrected chi connectivity index (χ4v) is 2.63. The van der Waals surface area contributed by atoms with E-state index in [9.17, 15) is 17.6 Å². The van der Waals surface area contributed by atoms with Crippen LogP contribution in [0.1, 0.15) is 24.2 Å². The second kappa shape index (κ2) is 6.82. The van der Waals surface area contributed by atoms with Crippen molar-refractivity contribution in [3.63, 3.8) is 0 Å². The fraction of sp³-hybridized carbons (Fsp3) is 0.357. The number of sulfonamides is 1. The Hall–Kier alpha value is -1.73. The first kappa shape index (κ1) is 17.3. The lowest BCUT2D eigenvalue weighted by Crippen LogP contribution is -2.33. The quantitative estimate of drug-likeness (QED) is 0.814. The van der Waals surface area contributed by atoms with Gasteiger partial charge in [-0.1, -0.05) is 6.08 Å². The molecule has 1 amide bonds. The lowest BCUT2D eigenvalue weighted by Gasteiger charge is -2.21. The standard InChI is InChI=1S/C14H19FN2O3S/c1-5-8-16-21(19,20)13-9-11(6-7-12(13)15)14(18)17(4)10(2)3/h5-7,9-10,16H,1,8H2,2-4H3. The summed E-state index contributed by atoms with van der Waals surface area (Å²) in [4.78, 5) is 13.1. The van der Waals surface area contributed by atoms with Crippen LogP contribution in [0.3, 0.4) is 0 Å². The summed E-state index contributed by atoms with van der Waals surface area (Å²) in [5, 5.41) is 0. The van der Waals surface area contributed by atoms with Crippen molar-refractivity contribution in [2.75, 3.05) is 13.6 Å². The van der Waals surface area contributed by atoms with Gasteiger partial charge in [-0.15, -0.1) is 6.58 Å². The molecule has 5 nitrogen and oxygen atoms in total. The van der Waals surface area contributed by atoms with Gasteiger partial charge in [0.1, 0.15) is 10.7 Å². The molecule has 7 heteroatoms. The lowest BCUT2D eigenvalue weighted by atomic mass is 10.2. The van der Waals surface area contributed by atoms with Crippen molar-refractivity contribution in [1.82, 2.24) is 9.62 Å². The van der Waals surface area contributed by atoms with Crippen LogP contribution in [-0.4, -0.2) is 38.9 Å². The molecule has 0 bridgehead atoms. The van der Waals surface area contributed by atoms with Crippen LogP contribution in [0.4, 0.5) is 4.39 Å². The van der Waals surface area contributed by atoms with Crippen LogP contribution in [0.15, 0.2) is 35.7 Å². The van der Waals surface area contributed by atoms with Crippen molar-refractivity contribution >= 4 is 15.9 Å². The maximum Gasteiger partial charge on any atom is 0.253 e. The van der Waals surface area contributed by atoms with Crippen LogP contribution in [0.5, 0.6) is 0 Å². The first-order valence-corrected chi connectivity index (χ1v) is 7.86. The van der Waals surface area contributed by atoms with E-state index in [1.165, 1.54) is 17.0 Å². The molecule has 0 heterocycles. The number of amides is 1. The lowest BCUT2D eigenvalue weighted by molar-refractivity contribution is 0.0754. The van der Waals surface area contributed by atoms with Gasteiger partial charge in [0, 0.05) is 25.2 Å². The van der Waals surface area contributed by atoms with Crippen molar-refractivity contribution in [2.24, 2.45) is 0 Å². The van der Waals surface area contributed by atoms with E-state index in [1.54, 1.807) is 7.05 Å². The van der Waals surface area contributed by atoms with Gasteiger partial charge < -0.3 is 4.90 Å². The van der Waals surface area contributed by atoms with E-state index in [-0.39, 0.29) is 24.1 Å². The topological polar surface area (TPSA) is 66.5 Å². The highest BCUT2D eigenvalue weighted by Gasteiger charge is 2.22. The molecule has 1 aromatic carbocycles. The molecule has 0 radical (unpaired) electrons. The highest BCUT2D eigenvalue weighted by atomic mass is 32.2. The van der Waals surface area contributed by atoms with E-state index in [0.717, 1.165) is 12.1 Å². The highest BCUT2D eigenvalue weighted by molar-refractivity contribution is 7.89. The Bertz CT molecular complexity index is 642. The third kappa shape index (κ3) is 4.12. The van der Waals surface area contributed by atoms with Crippen LogP contribution in [0.2, 0.25) is 0 Å². The van der Waals surface area contributed by atoms with Gasteiger partial charge in [0.2, 0.25) is 10.0 Å². The molecule has 0 fully saturated rings. The normalized spacial score (nSPS) is 11.5. The summed E-state index contributed by atoms with van der Waals surface area (Å²) < 4.78 is 39.9. The van der Waals surface area contributed by atoms with Gasteiger partial charge in [-0.25, -0.2) is 17.5 Å². The molecule has 0 aromatic heterocycles. The zero-order chi connectivity index (χ0) is 16.2. The minimum atomic E-state index is -4.02. The highest BCUT2D eigenvalue weighted by Crippen LogP contribution is 2.18. The van der Waals surface area contributed by atoms with Gasteiger partial charge in [0.05, 0.1) is 0 Å². The maximum atomic E-state index is 13.7. The average Bonchev–Trinajstić information content (AvgIpc) is 2.43. The smallest absolute Gasteiger partial charge is 0.253 e. The fourth-order valence-electron chi connectivity index (χ4n) is 1.53. The number of hydrogen-bond donors (Lipinski definition) is 1. The Morgan fingerprint density at radius 1 is 1.48 bits per heavy atom. The summed E-state index contributed by atoms with van der Waals surface area (Å²) in [5.41, 5.74) is 0.117. The molecule has 21 heavy (non-hydrogen) atoms. The summed E-state index contributed by atoms with van der Waals surface area (Å²) in [5.74, 6) is -1.28. The molecule has 0 spiro atoms. The second-order valence-corrected chi connectivity index (χ2v) is 6.53. The molecule has 1 N–H and O–H groups in total. The molecule has 0 atom stereocenters. The third-order valence-corrected chi connectivity index (χ3v) is 4.42. The van der Waals surface area contributed by atoms with Gasteiger partial charge in [0.15, 0.2) is 0 Å². The zero-order valence-electron chi connectivity index (χ0n) is 12.3. The zero-order valence-corrected chi connectivity index (χ0v) is 13.1. The van der Waals surface area contributed by atoms with E-state index >= 15 is 0 Å². The monoisotopic (exact) mass is 314 g/mol. The van der Waals surface area contributed by atoms with E-state index in [0.29, 0.717) is 0 Å². The van der Waals surface area contributed by atoms with Crippen LogP contribution in [-0.2, 0) is 10.0 Å². The van der Waals surface area contributed by atoms with E-state index < -0.39 is 20.7 Å². The number of carbonyl (C=O) groups is 1. The van der Waals surface area contributed by atoms with Gasteiger partial charge in [-0.2, -0.15) is 0 Å². The van der Waals surface area contributed by atoms with Crippen molar-refractivity contribution in [1.29, 1.82) is 0 Å². The van der Waals surface area contributed by atoms with E-state index in [4.69, 9.17) is 0 Å². The van der Waals surface area contributed by atoms with Crippen LogP contribution >= 0.6 is 0 Å². The Balaban J connectivity index is 3.22. The summed E-state index contributed by atoms with van der Waals surface area (Å²) >= 11 is 0. The molecule has 1 rings (SSSR count). The van der Waals surface area contributed by atoms with Crippen LogP contribution in [0.25, 0.3) is 0 Å². The number of hydrogen-bond acceptors (Lipinski definition) is 3. The minimum Gasteiger partial charge on any atom is -0.339 e. The number of rotatable bonds is 6. The molecule has 0 aliphatic carbocycles. The van der Waals surface area contributed by atoms with Gasteiger partial charge in [0.25, 0.3) is 5.91 Å². The minimum absolute atomic E-state index is 0.0220. The van der Waals surface area contributed by atoms with Crippen molar-refractivity contribution in [3.05, 3.63) is 42.2 Å². The van der Waals surface area contributed by atoms with E-state index in [1.807, 2.05) is 13.8 Å². The Kier molecular flexibility index (Phi) is 5.62. The van der Waals surface area contributed by atoms with Gasteiger partial charge >= 0.3 is 0 Å². The first-order chi connectivity index (χ1) is 9.70. The van der Waals surface area contributed by atoms with Crippen molar-refractivity contribution in [3.8, 4) is 0 Å². The number of nitrogens with one attached hydrogen (secondary N) is 1. The summed E-state index contributed by atoms with van der Waals surface area (Å²) in [7, 11) is -2.42. The largest absolute Gasteiger partial charge is 0.339 e. The SMILES string of the molecule is C=CCNS(=O)(=O)c1cc(C(=O)N(C)C(C)C)ccc1F. The Morgan fingerprint density at radius 2 is 2.10 bits per heavy atom. The molecule has 116 valence electrons. The third-order valence-electron chi connectivity index (χ3n) is 2.98. The van der Waals surface area contributed by atoms with Crippen molar-refractivity contribution < 1.29 is 17.6 Å². The van der Waals surface area contributed by atoms with Gasteiger partial charge in [-0.3, -0.25) is 4.79 Å². The average molecular weight is 314 g/mol. The summed E-state index contributed by atoms with van der Waals surface area (Å²) in [6.07, 6.45) is 1.34. The molecular weight excluding hydrogens is 295 g/mol. The summed E-state index contributed by atoms with van der Waals surface area (Å²) in [6, 6.07) is 3.23. The first-order valence-electron chi connectivity index (χ1n) is 6.38. The van der Waals surface area contributed by atoms with Crippen molar-refractivity contribution in [2.45, 2.75) is 24.8 Å². The van der Waals surface area contributed by atoms with Gasteiger partial charge in [-0.05, 0) is 32.0 Å². The predicted molar refractivity (Wildman–Crippen MR) is 79.0 cm³/mol. The maximum absolute atomic E-state index is 13.7. The summed E-state index contributed by atoms with van der Waals surface area (Å²) in [6.45, 7) is 7.01. The van der Waals surface area contributed by atoms with Crippen LogP contribution < -0.4 is 4.72 Å². The number of carbonyl (C=O) groups excluding carboxylic acids is 1. The Labute approximate surface area is 124 Å².